The number of fused-ring (bicyclic) bond motifs is 1. The maximum Gasteiger partial charge on any atom is 0.344 e. The SMILES string of the molecule is CCOC(=O)c1c(-c2ccccc2)c2sc(=N)n(-c3ccc(Cl)cc3)c2[nH]c1=O. The quantitative estimate of drug-likeness (QED) is 0.476. The number of esters is 1. The number of nitrogens with one attached hydrogen (secondary N) is 2. The van der Waals surface area contributed by atoms with Crippen LogP contribution in [0.25, 0.3) is 27.2 Å². The topological polar surface area (TPSA) is 87.9 Å². The van der Waals surface area contributed by atoms with Crippen molar-refractivity contribution >= 4 is 39.3 Å². The van der Waals surface area contributed by atoms with Crippen molar-refractivity contribution in [2.45, 2.75) is 6.92 Å². The first-order chi connectivity index (χ1) is 14.0. The molecule has 0 unspecified atom stereocenters. The fourth-order valence-corrected chi connectivity index (χ4v) is 4.36. The van der Waals surface area contributed by atoms with Crippen molar-refractivity contribution in [1.82, 2.24) is 9.55 Å². The number of ether oxygens (including phenoxy) is 1. The van der Waals surface area contributed by atoms with Gasteiger partial charge in [0.15, 0.2) is 4.80 Å². The third-order valence-electron chi connectivity index (χ3n) is 4.40. The lowest BCUT2D eigenvalue weighted by molar-refractivity contribution is 0.0525. The molecule has 0 aliphatic rings. The van der Waals surface area contributed by atoms with E-state index < -0.39 is 11.5 Å². The van der Waals surface area contributed by atoms with Gasteiger partial charge in [0.2, 0.25) is 0 Å². The van der Waals surface area contributed by atoms with Crippen LogP contribution in [0, 0.1) is 5.41 Å². The molecular formula is C21H16ClN3O3S. The summed E-state index contributed by atoms with van der Waals surface area (Å²) in [6, 6.07) is 16.2. The highest BCUT2D eigenvalue weighted by molar-refractivity contribution is 7.17. The summed E-state index contributed by atoms with van der Waals surface area (Å²) in [6.07, 6.45) is 0. The van der Waals surface area contributed by atoms with Crippen LogP contribution in [-0.2, 0) is 4.74 Å². The average molecular weight is 426 g/mol. The lowest BCUT2D eigenvalue weighted by atomic mass is 10.0. The second-order valence-corrected chi connectivity index (χ2v) is 7.62. The first-order valence-electron chi connectivity index (χ1n) is 8.86. The molecule has 0 saturated heterocycles. The fourth-order valence-electron chi connectivity index (χ4n) is 3.19. The molecule has 2 N–H and O–H groups in total. The first kappa shape index (κ1) is 19.2. The number of aromatic nitrogens is 2. The van der Waals surface area contributed by atoms with Crippen LogP contribution in [-0.4, -0.2) is 22.1 Å². The lowest BCUT2D eigenvalue weighted by Gasteiger charge is -2.11. The van der Waals surface area contributed by atoms with E-state index in [-0.39, 0.29) is 17.0 Å². The standard InChI is InChI=1S/C21H16ClN3O3S/c1-2-28-20(27)16-15(12-6-4-3-5-7-12)17-18(24-19(16)26)25(21(23)29-17)14-10-8-13(22)9-11-14/h3-11,23H,2H2,1H3,(H,24,26). The molecule has 0 amide bonds. The van der Waals surface area contributed by atoms with E-state index in [1.165, 1.54) is 11.3 Å². The number of benzene rings is 2. The normalized spacial score (nSPS) is 11.0. The van der Waals surface area contributed by atoms with Gasteiger partial charge in [-0.3, -0.25) is 14.8 Å². The molecule has 4 rings (SSSR count). The Morgan fingerprint density at radius 2 is 1.86 bits per heavy atom. The van der Waals surface area contributed by atoms with E-state index in [9.17, 15) is 9.59 Å². The minimum Gasteiger partial charge on any atom is -0.462 e. The Bertz CT molecular complexity index is 1320. The second kappa shape index (κ2) is 7.69. The number of hydrogen-bond acceptors (Lipinski definition) is 5. The Labute approximate surface area is 174 Å². The maximum atomic E-state index is 12.9. The highest BCUT2D eigenvalue weighted by Crippen LogP contribution is 2.32. The van der Waals surface area contributed by atoms with Crippen LogP contribution in [0.1, 0.15) is 17.3 Å². The predicted molar refractivity (Wildman–Crippen MR) is 114 cm³/mol. The van der Waals surface area contributed by atoms with Gasteiger partial charge in [0.1, 0.15) is 11.2 Å². The van der Waals surface area contributed by atoms with Crippen LogP contribution in [0.2, 0.25) is 5.02 Å². The minimum atomic E-state index is -0.688. The van der Waals surface area contributed by atoms with Crippen LogP contribution in [0.5, 0.6) is 0 Å². The number of aromatic amines is 1. The van der Waals surface area contributed by atoms with Gasteiger partial charge < -0.3 is 9.72 Å². The Morgan fingerprint density at radius 3 is 2.52 bits per heavy atom. The monoisotopic (exact) mass is 425 g/mol. The Balaban J connectivity index is 2.11. The molecule has 2 aromatic carbocycles. The van der Waals surface area contributed by atoms with Crippen molar-refractivity contribution in [3.8, 4) is 16.8 Å². The van der Waals surface area contributed by atoms with Crippen LogP contribution in [0.4, 0.5) is 0 Å². The number of carbonyl (C=O) groups excluding carboxylic acids is 1. The number of thiazole rings is 1. The van der Waals surface area contributed by atoms with Gasteiger partial charge in [0.05, 0.1) is 11.3 Å². The molecule has 2 heterocycles. The van der Waals surface area contributed by atoms with Crippen LogP contribution >= 0.6 is 22.9 Å². The van der Waals surface area contributed by atoms with Crippen molar-refractivity contribution in [2.75, 3.05) is 6.61 Å². The molecule has 0 saturated carbocycles. The second-order valence-electron chi connectivity index (χ2n) is 6.19. The average Bonchev–Trinajstić information content (AvgIpc) is 3.03. The lowest BCUT2D eigenvalue weighted by Crippen LogP contribution is -2.22. The molecule has 4 aromatic rings. The van der Waals surface area contributed by atoms with Crippen molar-refractivity contribution in [1.29, 1.82) is 5.41 Å². The molecule has 0 aliphatic carbocycles. The van der Waals surface area contributed by atoms with Gasteiger partial charge in [-0.15, -0.1) is 0 Å². The summed E-state index contributed by atoms with van der Waals surface area (Å²) in [5, 5.41) is 9.06. The van der Waals surface area contributed by atoms with E-state index in [0.29, 0.717) is 32.2 Å². The molecule has 6 nitrogen and oxygen atoms in total. The number of H-pyrrole nitrogens is 1. The Kier molecular flexibility index (Phi) is 5.08. The molecular weight excluding hydrogens is 410 g/mol. The molecule has 0 spiro atoms. The van der Waals surface area contributed by atoms with E-state index in [1.54, 1.807) is 35.8 Å². The van der Waals surface area contributed by atoms with Crippen LogP contribution in [0.15, 0.2) is 59.4 Å². The van der Waals surface area contributed by atoms with Crippen LogP contribution < -0.4 is 10.4 Å². The summed E-state index contributed by atoms with van der Waals surface area (Å²) in [4.78, 5) is 28.5. The summed E-state index contributed by atoms with van der Waals surface area (Å²) in [6.45, 7) is 1.85. The van der Waals surface area contributed by atoms with Crippen molar-refractivity contribution in [2.24, 2.45) is 0 Å². The summed E-state index contributed by atoms with van der Waals surface area (Å²) in [7, 11) is 0. The van der Waals surface area contributed by atoms with Crippen molar-refractivity contribution < 1.29 is 9.53 Å². The van der Waals surface area contributed by atoms with E-state index in [0.717, 1.165) is 0 Å². The zero-order chi connectivity index (χ0) is 20.5. The highest BCUT2D eigenvalue weighted by Gasteiger charge is 2.24. The molecule has 0 aliphatic heterocycles. The third-order valence-corrected chi connectivity index (χ3v) is 5.63. The van der Waals surface area contributed by atoms with Gasteiger partial charge in [-0.25, -0.2) is 4.79 Å². The van der Waals surface area contributed by atoms with Gasteiger partial charge in [-0.2, -0.15) is 0 Å². The number of carbonyl (C=O) groups is 1. The molecule has 8 heteroatoms. The summed E-state index contributed by atoms with van der Waals surface area (Å²) in [5.74, 6) is -0.688. The number of pyridine rings is 1. The molecule has 0 atom stereocenters. The van der Waals surface area contributed by atoms with E-state index in [4.69, 9.17) is 21.7 Å². The van der Waals surface area contributed by atoms with Gasteiger partial charge in [0.25, 0.3) is 5.56 Å². The number of nitrogens with zero attached hydrogens (tertiary/aromatic N) is 1. The summed E-state index contributed by atoms with van der Waals surface area (Å²) < 4.78 is 7.38. The number of rotatable bonds is 4. The van der Waals surface area contributed by atoms with Gasteiger partial charge in [0, 0.05) is 16.3 Å². The minimum absolute atomic E-state index is 0.0601. The molecule has 0 fully saturated rings. The third kappa shape index (κ3) is 3.39. The van der Waals surface area contributed by atoms with Gasteiger partial charge in [-0.05, 0) is 36.8 Å². The Morgan fingerprint density at radius 1 is 1.17 bits per heavy atom. The Hall–Kier alpha value is -3.16. The predicted octanol–water partition coefficient (Wildman–Crippen LogP) is 4.36. The fraction of sp³-hybridized carbons (Fsp3) is 0.0952. The molecule has 2 aromatic heterocycles. The first-order valence-corrected chi connectivity index (χ1v) is 10.1. The zero-order valence-corrected chi connectivity index (χ0v) is 16.9. The van der Waals surface area contributed by atoms with Gasteiger partial charge in [-0.1, -0.05) is 53.3 Å². The maximum absolute atomic E-state index is 12.9. The molecule has 0 bridgehead atoms. The van der Waals surface area contributed by atoms with E-state index in [2.05, 4.69) is 4.98 Å². The van der Waals surface area contributed by atoms with Crippen LogP contribution in [0.3, 0.4) is 0 Å². The number of halogens is 1. The summed E-state index contributed by atoms with van der Waals surface area (Å²) >= 11 is 7.16. The van der Waals surface area contributed by atoms with E-state index in [1.807, 2.05) is 30.3 Å². The van der Waals surface area contributed by atoms with Crippen molar-refractivity contribution in [3.63, 3.8) is 0 Å². The molecule has 146 valence electrons. The summed E-state index contributed by atoms with van der Waals surface area (Å²) in [5.41, 5.74) is 1.68. The molecule has 29 heavy (non-hydrogen) atoms. The largest absolute Gasteiger partial charge is 0.462 e. The smallest absolute Gasteiger partial charge is 0.344 e. The zero-order valence-electron chi connectivity index (χ0n) is 15.4. The number of hydrogen-bond donors (Lipinski definition) is 2. The molecule has 0 radical (unpaired) electrons. The van der Waals surface area contributed by atoms with Gasteiger partial charge >= 0.3 is 5.97 Å². The van der Waals surface area contributed by atoms with Crippen molar-refractivity contribution in [3.05, 3.63) is 80.3 Å². The van der Waals surface area contributed by atoms with E-state index >= 15 is 0 Å². The highest BCUT2D eigenvalue weighted by atomic mass is 35.5.